The SMILES string of the molecule is [2H]c1nn(-c2c([2H])c([2H])c([2H])c(F)c2[2H])c([2H])c1Br. The molecule has 0 unspecified atom stereocenters. The van der Waals surface area contributed by atoms with Crippen LogP contribution in [0.25, 0.3) is 5.69 Å². The molecule has 0 radical (unpaired) electrons. The summed E-state index contributed by atoms with van der Waals surface area (Å²) >= 11 is 2.94. The molecular weight excluding hydrogens is 235 g/mol. The number of aromatic nitrogens is 2. The third-order valence-corrected chi connectivity index (χ3v) is 1.60. The fourth-order valence-corrected chi connectivity index (χ4v) is 1.01. The van der Waals surface area contributed by atoms with Crippen LogP contribution in [0.4, 0.5) is 4.39 Å². The summed E-state index contributed by atoms with van der Waals surface area (Å²) in [6.07, 6.45) is -0.630. The first-order valence-electron chi connectivity index (χ1n) is 6.25. The minimum atomic E-state index is -1.26. The Kier molecular flexibility index (Phi) is 0.994. The van der Waals surface area contributed by atoms with E-state index < -0.39 is 35.7 Å². The van der Waals surface area contributed by atoms with Crippen LogP contribution < -0.4 is 0 Å². The maximum atomic E-state index is 13.6. The lowest BCUT2D eigenvalue weighted by Gasteiger charge is -1.99. The Morgan fingerprint density at radius 3 is 3.08 bits per heavy atom. The molecule has 66 valence electrons. The highest BCUT2D eigenvalue weighted by Gasteiger charge is 1.99. The van der Waals surface area contributed by atoms with E-state index in [1.54, 1.807) is 0 Å². The van der Waals surface area contributed by atoms with E-state index in [4.69, 9.17) is 8.22 Å². The normalized spacial score (nSPS) is 16.8. The van der Waals surface area contributed by atoms with Gasteiger partial charge in [0.2, 0.25) is 0 Å². The monoisotopic (exact) mass is 246 g/mol. The Hall–Kier alpha value is -1.16. The van der Waals surface area contributed by atoms with E-state index in [9.17, 15) is 4.39 Å². The lowest BCUT2D eigenvalue weighted by atomic mass is 10.3. The largest absolute Gasteiger partial charge is 0.240 e. The highest BCUT2D eigenvalue weighted by Crippen LogP contribution is 2.12. The van der Waals surface area contributed by atoms with Crippen LogP contribution in [-0.2, 0) is 0 Å². The lowest BCUT2D eigenvalue weighted by Crippen LogP contribution is -1.93. The molecule has 0 fully saturated rings. The van der Waals surface area contributed by atoms with Crippen LogP contribution in [0.2, 0.25) is 0 Å². The van der Waals surface area contributed by atoms with Crippen LogP contribution in [0.5, 0.6) is 0 Å². The summed E-state index contributed by atoms with van der Waals surface area (Å²) in [6, 6.07) is -2.92. The zero-order chi connectivity index (χ0) is 14.5. The van der Waals surface area contributed by atoms with Crippen molar-refractivity contribution in [3.8, 4) is 5.69 Å². The molecule has 1 aromatic carbocycles. The van der Waals surface area contributed by atoms with E-state index in [0.717, 1.165) is 4.68 Å². The minimum absolute atomic E-state index is 0.0354. The van der Waals surface area contributed by atoms with Gasteiger partial charge < -0.3 is 0 Å². The molecule has 2 nitrogen and oxygen atoms in total. The average Bonchev–Trinajstić information content (AvgIpc) is 2.62. The van der Waals surface area contributed by atoms with Gasteiger partial charge in [0.15, 0.2) is 0 Å². The zero-order valence-corrected chi connectivity index (χ0v) is 7.74. The molecule has 0 amide bonds. The summed E-state index contributed by atoms with van der Waals surface area (Å²) in [6.45, 7) is 0. The van der Waals surface area contributed by atoms with E-state index in [0.29, 0.717) is 0 Å². The number of rotatable bonds is 1. The van der Waals surface area contributed by atoms with E-state index in [-0.39, 0.29) is 16.8 Å². The molecule has 0 aliphatic rings. The van der Waals surface area contributed by atoms with Gasteiger partial charge in [-0.15, -0.1) is 0 Å². The van der Waals surface area contributed by atoms with Gasteiger partial charge in [0.05, 0.1) is 24.6 Å². The third kappa shape index (κ3) is 1.78. The van der Waals surface area contributed by atoms with Crippen molar-refractivity contribution < 1.29 is 12.6 Å². The second kappa shape index (κ2) is 3.30. The van der Waals surface area contributed by atoms with Crippen LogP contribution in [0, 0.1) is 5.82 Å². The van der Waals surface area contributed by atoms with Gasteiger partial charge in [0.1, 0.15) is 5.82 Å². The second-order valence-corrected chi connectivity index (χ2v) is 2.90. The first kappa shape index (κ1) is 3.92. The van der Waals surface area contributed by atoms with Gasteiger partial charge in [-0.2, -0.15) is 5.10 Å². The fourth-order valence-electron chi connectivity index (χ4n) is 0.760. The predicted molar refractivity (Wildman–Crippen MR) is 51.2 cm³/mol. The quantitative estimate of drug-likeness (QED) is 0.757. The molecule has 0 bridgehead atoms. The first-order chi connectivity index (χ1) is 8.77. The predicted octanol–water partition coefficient (Wildman–Crippen LogP) is 2.77. The van der Waals surface area contributed by atoms with Crippen molar-refractivity contribution in [3.05, 3.63) is 46.8 Å². The maximum absolute atomic E-state index is 13.6. The highest BCUT2D eigenvalue weighted by molar-refractivity contribution is 9.10. The van der Waals surface area contributed by atoms with Gasteiger partial charge in [-0.05, 0) is 34.1 Å². The number of benzene rings is 1. The molecule has 0 aliphatic carbocycles. The van der Waals surface area contributed by atoms with Crippen LogP contribution in [0.15, 0.2) is 41.0 Å². The van der Waals surface area contributed by atoms with Crippen molar-refractivity contribution in [2.75, 3.05) is 0 Å². The summed E-state index contributed by atoms with van der Waals surface area (Å²) in [7, 11) is 0. The molecule has 0 saturated heterocycles. The Bertz CT molecular complexity index is 657. The number of hydrogen-bond acceptors (Lipinski definition) is 1. The number of halogens is 2. The topological polar surface area (TPSA) is 17.8 Å². The van der Waals surface area contributed by atoms with Gasteiger partial charge in [-0.3, -0.25) is 0 Å². The molecule has 2 aromatic rings. The van der Waals surface area contributed by atoms with Crippen molar-refractivity contribution >= 4 is 15.9 Å². The third-order valence-electron chi connectivity index (χ3n) is 1.25. The van der Waals surface area contributed by atoms with Gasteiger partial charge in [-0.1, -0.05) is 6.04 Å². The molecule has 1 aromatic heterocycles. The molecule has 0 saturated carbocycles. The summed E-state index contributed by atoms with van der Waals surface area (Å²) in [5.74, 6) is -1.26. The first-order valence-corrected chi connectivity index (χ1v) is 4.04. The van der Waals surface area contributed by atoms with E-state index >= 15 is 0 Å². The van der Waals surface area contributed by atoms with Crippen molar-refractivity contribution in [3.63, 3.8) is 0 Å². The molecule has 1 heterocycles. The van der Waals surface area contributed by atoms with Gasteiger partial charge >= 0.3 is 0 Å². The summed E-state index contributed by atoms with van der Waals surface area (Å²) in [5.41, 5.74) is -0.428. The Morgan fingerprint density at radius 1 is 1.54 bits per heavy atom. The molecule has 4 heteroatoms. The zero-order valence-electron chi connectivity index (χ0n) is 12.2. The van der Waals surface area contributed by atoms with Crippen molar-refractivity contribution in [1.82, 2.24) is 9.78 Å². The Morgan fingerprint density at radius 2 is 2.38 bits per heavy atom. The maximum Gasteiger partial charge on any atom is 0.125 e. The van der Waals surface area contributed by atoms with Crippen molar-refractivity contribution in [2.45, 2.75) is 0 Å². The number of hydrogen-bond donors (Lipinski definition) is 0. The molecule has 0 N–H and O–H groups in total. The van der Waals surface area contributed by atoms with Crippen molar-refractivity contribution in [2.24, 2.45) is 0 Å². The smallest absolute Gasteiger partial charge is 0.125 e. The minimum Gasteiger partial charge on any atom is -0.240 e. The van der Waals surface area contributed by atoms with Crippen LogP contribution in [-0.4, -0.2) is 9.78 Å². The van der Waals surface area contributed by atoms with Gasteiger partial charge in [0.25, 0.3) is 0 Å². The van der Waals surface area contributed by atoms with Crippen LogP contribution in [0.3, 0.4) is 0 Å². The summed E-state index contributed by atoms with van der Waals surface area (Å²) in [4.78, 5) is 0. The molecule has 0 atom stereocenters. The van der Waals surface area contributed by atoms with Gasteiger partial charge in [-0.25, -0.2) is 9.07 Å². The molecule has 0 spiro atoms. The second-order valence-electron chi connectivity index (χ2n) is 2.11. The highest BCUT2D eigenvalue weighted by atomic mass is 79.9. The standard InChI is InChI=1S/C9H6BrFN2/c10-7-5-12-13(6-7)9-3-1-2-8(11)4-9/h1-6H/i1D,2D,3D,4D,5D,6D. The number of nitrogens with zero attached hydrogens (tertiary/aromatic N) is 2. The van der Waals surface area contributed by atoms with E-state index in [1.165, 1.54) is 0 Å². The van der Waals surface area contributed by atoms with Crippen molar-refractivity contribution in [1.29, 1.82) is 0 Å². The van der Waals surface area contributed by atoms with Crippen LogP contribution in [0.1, 0.15) is 8.22 Å². The fraction of sp³-hybridized carbons (Fsp3) is 0. The van der Waals surface area contributed by atoms with Gasteiger partial charge in [0, 0.05) is 6.17 Å². The molecular formula is C9H6BrFN2. The van der Waals surface area contributed by atoms with E-state index in [2.05, 4.69) is 21.0 Å². The molecule has 2 rings (SSSR count). The molecule has 0 aliphatic heterocycles. The Balaban J connectivity index is 2.87. The average molecular weight is 247 g/mol. The summed E-state index contributed by atoms with van der Waals surface area (Å²) < 4.78 is 59.4. The Labute approximate surface area is 91.6 Å². The van der Waals surface area contributed by atoms with E-state index in [1.807, 2.05) is 0 Å². The molecule has 13 heavy (non-hydrogen) atoms. The summed E-state index contributed by atoms with van der Waals surface area (Å²) in [5, 5.41) is 3.61. The van der Waals surface area contributed by atoms with Crippen LogP contribution >= 0.6 is 15.9 Å². The lowest BCUT2D eigenvalue weighted by molar-refractivity contribution is 0.625.